The molecular formula is C12H24N2O3. The Morgan fingerprint density at radius 2 is 1.65 bits per heavy atom. The van der Waals surface area contributed by atoms with Gasteiger partial charge in [0.1, 0.15) is 6.04 Å². The van der Waals surface area contributed by atoms with Gasteiger partial charge in [-0.2, -0.15) is 0 Å². The van der Waals surface area contributed by atoms with Crippen LogP contribution in [0.1, 0.15) is 47.0 Å². The number of rotatable bonds is 7. The Balaban J connectivity index is 3.76. The lowest BCUT2D eigenvalue weighted by Gasteiger charge is -2.16. The van der Waals surface area contributed by atoms with E-state index in [1.165, 1.54) is 6.92 Å². The Morgan fingerprint density at radius 3 is 2.12 bits per heavy atom. The van der Waals surface area contributed by atoms with Gasteiger partial charge < -0.3 is 15.7 Å². The summed E-state index contributed by atoms with van der Waals surface area (Å²) in [6.07, 6.45) is 3.11. The Labute approximate surface area is 103 Å². The van der Waals surface area contributed by atoms with Gasteiger partial charge in [-0.1, -0.05) is 26.7 Å². The fraction of sp³-hybridized carbons (Fsp3) is 0.833. The number of amides is 2. The van der Waals surface area contributed by atoms with Gasteiger partial charge in [0.25, 0.3) is 0 Å². The molecule has 2 atom stereocenters. The predicted molar refractivity (Wildman–Crippen MR) is 66.9 cm³/mol. The molecule has 17 heavy (non-hydrogen) atoms. The monoisotopic (exact) mass is 244 g/mol. The second kappa shape index (κ2) is 7.92. The summed E-state index contributed by atoms with van der Waals surface area (Å²) in [6, 6.07) is -1.22. The lowest BCUT2D eigenvalue weighted by atomic mass is 10.0. The van der Waals surface area contributed by atoms with Crippen LogP contribution in [0.2, 0.25) is 0 Å². The third kappa shape index (κ3) is 8.54. The number of hydrogen-bond acceptors (Lipinski definition) is 2. The number of carboxylic acids is 1. The van der Waals surface area contributed by atoms with Crippen LogP contribution in [0, 0.1) is 5.92 Å². The normalized spacial score (nSPS) is 14.2. The number of carbonyl (C=O) groups excluding carboxylic acids is 1. The highest BCUT2D eigenvalue weighted by Gasteiger charge is 2.14. The van der Waals surface area contributed by atoms with Gasteiger partial charge in [0.05, 0.1) is 0 Å². The first-order valence-corrected chi connectivity index (χ1v) is 6.12. The van der Waals surface area contributed by atoms with Gasteiger partial charge in [0, 0.05) is 6.04 Å². The fourth-order valence-corrected chi connectivity index (χ4v) is 1.43. The molecule has 5 nitrogen and oxygen atoms in total. The van der Waals surface area contributed by atoms with Crippen LogP contribution in [-0.2, 0) is 4.79 Å². The van der Waals surface area contributed by atoms with Gasteiger partial charge in [0.15, 0.2) is 0 Å². The highest BCUT2D eigenvalue weighted by Crippen LogP contribution is 2.07. The minimum Gasteiger partial charge on any atom is -0.480 e. The van der Waals surface area contributed by atoms with Crippen molar-refractivity contribution in [3.63, 3.8) is 0 Å². The van der Waals surface area contributed by atoms with Crippen LogP contribution in [0.15, 0.2) is 0 Å². The van der Waals surface area contributed by atoms with Gasteiger partial charge in [0.2, 0.25) is 0 Å². The summed E-state index contributed by atoms with van der Waals surface area (Å²) in [5, 5.41) is 13.7. The third-order valence-electron chi connectivity index (χ3n) is 2.51. The molecule has 5 heteroatoms. The van der Waals surface area contributed by atoms with Crippen LogP contribution < -0.4 is 10.6 Å². The second-order valence-electron chi connectivity index (χ2n) is 4.90. The summed E-state index contributed by atoms with van der Waals surface area (Å²) in [5.74, 6) is -0.365. The van der Waals surface area contributed by atoms with E-state index in [0.717, 1.165) is 19.3 Å². The van der Waals surface area contributed by atoms with Crippen LogP contribution >= 0.6 is 0 Å². The Kier molecular flexibility index (Phi) is 7.34. The molecule has 2 amide bonds. The van der Waals surface area contributed by atoms with E-state index < -0.39 is 18.0 Å². The minimum absolute atomic E-state index is 0.0646. The molecule has 0 aromatic carbocycles. The van der Waals surface area contributed by atoms with Gasteiger partial charge in [-0.05, 0) is 26.2 Å². The van der Waals surface area contributed by atoms with E-state index in [2.05, 4.69) is 24.5 Å². The maximum Gasteiger partial charge on any atom is 0.325 e. The summed E-state index contributed by atoms with van der Waals surface area (Å²) in [7, 11) is 0. The fourth-order valence-electron chi connectivity index (χ4n) is 1.43. The number of carboxylic acid groups (broad SMARTS) is 1. The molecule has 0 heterocycles. The highest BCUT2D eigenvalue weighted by atomic mass is 16.4. The number of aliphatic carboxylic acids is 1. The van der Waals surface area contributed by atoms with Crippen LogP contribution in [0.25, 0.3) is 0 Å². The minimum atomic E-state index is -1.03. The molecule has 2 unspecified atom stereocenters. The summed E-state index contributed by atoms with van der Waals surface area (Å²) in [4.78, 5) is 21.9. The largest absolute Gasteiger partial charge is 0.480 e. The van der Waals surface area contributed by atoms with Crippen molar-refractivity contribution in [2.45, 2.75) is 59.0 Å². The predicted octanol–water partition coefficient (Wildman–Crippen LogP) is 1.97. The molecule has 0 aliphatic heterocycles. The molecule has 0 aromatic rings. The lowest BCUT2D eigenvalue weighted by Crippen LogP contribution is -2.47. The van der Waals surface area contributed by atoms with E-state index in [-0.39, 0.29) is 6.04 Å². The van der Waals surface area contributed by atoms with Gasteiger partial charge >= 0.3 is 12.0 Å². The van der Waals surface area contributed by atoms with E-state index in [0.29, 0.717) is 5.92 Å². The molecule has 0 saturated carbocycles. The first-order chi connectivity index (χ1) is 7.82. The Bertz CT molecular complexity index is 254. The van der Waals surface area contributed by atoms with Crippen molar-refractivity contribution in [2.75, 3.05) is 0 Å². The Morgan fingerprint density at radius 1 is 1.06 bits per heavy atom. The van der Waals surface area contributed by atoms with Crippen LogP contribution in [0.3, 0.4) is 0 Å². The molecule has 0 aromatic heterocycles. The average molecular weight is 244 g/mol. The van der Waals surface area contributed by atoms with Crippen molar-refractivity contribution in [3.05, 3.63) is 0 Å². The van der Waals surface area contributed by atoms with Crippen molar-refractivity contribution < 1.29 is 14.7 Å². The highest BCUT2D eigenvalue weighted by molar-refractivity contribution is 5.82. The topological polar surface area (TPSA) is 78.4 Å². The van der Waals surface area contributed by atoms with Crippen molar-refractivity contribution in [3.8, 4) is 0 Å². The smallest absolute Gasteiger partial charge is 0.325 e. The third-order valence-corrected chi connectivity index (χ3v) is 2.51. The standard InChI is InChI=1S/C12H24N2O3/c1-8(2)6-5-7-9(3)13-12(17)14-10(4)11(15)16/h8-10H,5-7H2,1-4H3,(H,15,16)(H2,13,14,17). The van der Waals surface area contributed by atoms with E-state index in [4.69, 9.17) is 5.11 Å². The van der Waals surface area contributed by atoms with Gasteiger partial charge in [-0.25, -0.2) is 4.79 Å². The SMILES string of the molecule is CC(C)CCCC(C)NC(=O)NC(C)C(=O)O. The lowest BCUT2D eigenvalue weighted by molar-refractivity contribution is -0.138. The van der Waals surface area contributed by atoms with Crippen LogP contribution in [0.4, 0.5) is 4.79 Å². The van der Waals surface area contributed by atoms with E-state index >= 15 is 0 Å². The number of urea groups is 1. The molecule has 100 valence electrons. The molecule has 0 saturated heterocycles. The molecular weight excluding hydrogens is 220 g/mol. The molecule has 0 radical (unpaired) electrons. The molecule has 3 N–H and O–H groups in total. The number of nitrogens with one attached hydrogen (secondary N) is 2. The van der Waals surface area contributed by atoms with E-state index in [1.54, 1.807) is 0 Å². The quantitative estimate of drug-likeness (QED) is 0.640. The summed E-state index contributed by atoms with van der Waals surface area (Å²) < 4.78 is 0. The number of hydrogen-bond donors (Lipinski definition) is 3. The zero-order chi connectivity index (χ0) is 13.4. The summed E-state index contributed by atoms with van der Waals surface area (Å²) >= 11 is 0. The summed E-state index contributed by atoms with van der Waals surface area (Å²) in [5.41, 5.74) is 0. The maximum atomic E-state index is 11.4. The molecule has 0 aliphatic rings. The van der Waals surface area contributed by atoms with Crippen molar-refractivity contribution >= 4 is 12.0 Å². The maximum absolute atomic E-state index is 11.4. The Hall–Kier alpha value is -1.26. The van der Waals surface area contributed by atoms with Crippen molar-refractivity contribution in [1.82, 2.24) is 10.6 Å². The number of carbonyl (C=O) groups is 2. The van der Waals surface area contributed by atoms with Gasteiger partial charge in [-0.15, -0.1) is 0 Å². The first-order valence-electron chi connectivity index (χ1n) is 6.12. The summed E-state index contributed by atoms with van der Waals surface area (Å²) in [6.45, 7) is 7.69. The van der Waals surface area contributed by atoms with E-state index in [9.17, 15) is 9.59 Å². The molecule has 0 spiro atoms. The van der Waals surface area contributed by atoms with Crippen LogP contribution in [0.5, 0.6) is 0 Å². The zero-order valence-corrected chi connectivity index (χ0v) is 11.1. The van der Waals surface area contributed by atoms with E-state index in [1.807, 2.05) is 6.92 Å². The van der Waals surface area contributed by atoms with Crippen LogP contribution in [-0.4, -0.2) is 29.2 Å². The second-order valence-corrected chi connectivity index (χ2v) is 4.90. The molecule has 0 bridgehead atoms. The molecule has 0 fully saturated rings. The first kappa shape index (κ1) is 15.7. The molecule has 0 rings (SSSR count). The average Bonchev–Trinajstić information content (AvgIpc) is 2.16. The zero-order valence-electron chi connectivity index (χ0n) is 11.1. The van der Waals surface area contributed by atoms with Gasteiger partial charge in [-0.3, -0.25) is 4.79 Å². The van der Waals surface area contributed by atoms with Crippen molar-refractivity contribution in [2.24, 2.45) is 5.92 Å². The van der Waals surface area contributed by atoms with Crippen molar-refractivity contribution in [1.29, 1.82) is 0 Å². The molecule has 0 aliphatic carbocycles.